The predicted molar refractivity (Wildman–Crippen MR) is 88.8 cm³/mol. The molecule has 20 heavy (non-hydrogen) atoms. The van der Waals surface area contributed by atoms with Crippen molar-refractivity contribution in [2.45, 2.75) is 43.7 Å². The second-order valence-corrected chi connectivity index (χ2v) is 8.34. The number of fused-ring (bicyclic) bond motifs is 1. The molecule has 0 radical (unpaired) electrons. The van der Waals surface area contributed by atoms with Crippen LogP contribution in [-0.4, -0.2) is 34.0 Å². The van der Waals surface area contributed by atoms with Gasteiger partial charge in [0.1, 0.15) is 0 Å². The summed E-state index contributed by atoms with van der Waals surface area (Å²) in [5.74, 6) is 0.669. The monoisotopic (exact) mass is 310 g/mol. The molecule has 0 amide bonds. The molecule has 1 unspecified atom stereocenters. The van der Waals surface area contributed by atoms with Gasteiger partial charge in [-0.05, 0) is 45.4 Å². The van der Waals surface area contributed by atoms with Gasteiger partial charge in [-0.3, -0.25) is 0 Å². The first kappa shape index (κ1) is 15.8. The molecule has 110 valence electrons. The number of nitrogens with one attached hydrogen (secondary N) is 1. The Morgan fingerprint density at radius 3 is 2.85 bits per heavy atom. The Hall–Kier alpha value is -0.620. The molecule has 2 aromatic rings. The number of aromatic nitrogens is 1. The fourth-order valence-corrected chi connectivity index (χ4v) is 3.73. The number of aryl methyl sites for hydroxylation is 1. The van der Waals surface area contributed by atoms with E-state index in [0.717, 1.165) is 9.86 Å². The van der Waals surface area contributed by atoms with Gasteiger partial charge in [-0.1, -0.05) is 17.8 Å². The summed E-state index contributed by atoms with van der Waals surface area (Å²) in [6.45, 7) is 8.99. The molecule has 2 rings (SSSR count). The average molecular weight is 310 g/mol. The fraction of sp³-hybridized carbons (Fsp3) is 0.533. The number of rotatable bonds is 5. The second kappa shape index (κ2) is 6.43. The Morgan fingerprint density at radius 1 is 1.40 bits per heavy atom. The normalized spacial score (nSPS) is 13.8. The molecule has 1 aromatic heterocycles. The molecule has 0 aliphatic carbocycles. The van der Waals surface area contributed by atoms with E-state index in [-0.39, 0.29) is 11.6 Å². The van der Waals surface area contributed by atoms with Crippen molar-refractivity contribution in [2.75, 3.05) is 12.3 Å². The van der Waals surface area contributed by atoms with Crippen molar-refractivity contribution in [1.82, 2.24) is 10.3 Å². The number of hydrogen-bond donors (Lipinski definition) is 2. The maximum Gasteiger partial charge on any atom is 0.151 e. The minimum absolute atomic E-state index is 0.0407. The van der Waals surface area contributed by atoms with Crippen LogP contribution in [0.25, 0.3) is 10.2 Å². The van der Waals surface area contributed by atoms with Crippen LogP contribution in [0.2, 0.25) is 0 Å². The van der Waals surface area contributed by atoms with Gasteiger partial charge < -0.3 is 10.4 Å². The third-order valence-electron chi connectivity index (χ3n) is 2.79. The third kappa shape index (κ3) is 4.74. The van der Waals surface area contributed by atoms with Gasteiger partial charge in [-0.15, -0.1) is 11.3 Å². The first-order chi connectivity index (χ1) is 9.33. The van der Waals surface area contributed by atoms with Crippen LogP contribution in [-0.2, 0) is 0 Å². The van der Waals surface area contributed by atoms with E-state index in [4.69, 9.17) is 0 Å². The molecule has 1 aromatic carbocycles. The first-order valence-corrected chi connectivity index (χ1v) is 8.57. The van der Waals surface area contributed by atoms with Crippen molar-refractivity contribution in [3.8, 4) is 0 Å². The second-order valence-electron chi connectivity index (χ2n) is 6.05. The Morgan fingerprint density at radius 2 is 2.15 bits per heavy atom. The summed E-state index contributed by atoms with van der Waals surface area (Å²) in [5, 5.41) is 13.3. The topological polar surface area (TPSA) is 45.1 Å². The van der Waals surface area contributed by atoms with Crippen molar-refractivity contribution in [2.24, 2.45) is 0 Å². The molecule has 1 heterocycles. The van der Waals surface area contributed by atoms with Crippen molar-refractivity contribution >= 4 is 33.3 Å². The smallest absolute Gasteiger partial charge is 0.151 e. The molecule has 5 heteroatoms. The largest absolute Gasteiger partial charge is 0.391 e. The summed E-state index contributed by atoms with van der Waals surface area (Å²) >= 11 is 3.32. The SMILES string of the molecule is Cc1ccc2sc(SCC(O)CNC(C)(C)C)nc2c1. The van der Waals surface area contributed by atoms with Crippen LogP contribution >= 0.6 is 23.1 Å². The number of aliphatic hydroxyl groups is 1. The third-order valence-corrected chi connectivity index (χ3v) is 5.11. The molecule has 0 bridgehead atoms. The molecule has 0 spiro atoms. The number of hydrogen-bond acceptors (Lipinski definition) is 5. The molecular weight excluding hydrogens is 288 g/mol. The van der Waals surface area contributed by atoms with E-state index >= 15 is 0 Å². The quantitative estimate of drug-likeness (QED) is 0.830. The van der Waals surface area contributed by atoms with E-state index in [2.05, 4.69) is 56.2 Å². The number of thiazole rings is 1. The predicted octanol–water partition coefficient (Wildman–Crippen LogP) is 3.45. The Balaban J connectivity index is 1.89. The van der Waals surface area contributed by atoms with E-state index in [1.807, 2.05) is 0 Å². The van der Waals surface area contributed by atoms with Gasteiger partial charge in [0.05, 0.1) is 16.3 Å². The molecule has 3 nitrogen and oxygen atoms in total. The number of β-amino-alcohol motifs (C(OH)–C–C–N with tert-alkyl or cyclic N) is 1. The van der Waals surface area contributed by atoms with Gasteiger partial charge in [-0.2, -0.15) is 0 Å². The minimum atomic E-state index is -0.354. The van der Waals surface area contributed by atoms with Crippen molar-refractivity contribution in [3.05, 3.63) is 23.8 Å². The maximum absolute atomic E-state index is 9.99. The van der Waals surface area contributed by atoms with Gasteiger partial charge in [-0.25, -0.2) is 4.98 Å². The minimum Gasteiger partial charge on any atom is -0.391 e. The number of thioether (sulfide) groups is 1. The van der Waals surface area contributed by atoms with Crippen LogP contribution in [0, 0.1) is 6.92 Å². The Kier molecular flexibility index (Phi) is 5.07. The molecule has 0 aliphatic heterocycles. The summed E-state index contributed by atoms with van der Waals surface area (Å²) in [5.41, 5.74) is 2.33. The van der Waals surface area contributed by atoms with E-state index in [1.165, 1.54) is 10.3 Å². The highest BCUT2D eigenvalue weighted by atomic mass is 32.2. The van der Waals surface area contributed by atoms with Gasteiger partial charge in [0, 0.05) is 17.8 Å². The molecule has 2 N–H and O–H groups in total. The zero-order chi connectivity index (χ0) is 14.8. The standard InChI is InChI=1S/C15H22N2OS2/c1-10-5-6-13-12(7-10)17-14(20-13)19-9-11(18)8-16-15(2,3)4/h5-7,11,16,18H,8-9H2,1-4H3. The highest BCUT2D eigenvalue weighted by molar-refractivity contribution is 8.01. The number of nitrogens with zero attached hydrogens (tertiary/aromatic N) is 1. The molecule has 0 saturated carbocycles. The number of benzene rings is 1. The summed E-state index contributed by atoms with van der Waals surface area (Å²) in [6.07, 6.45) is -0.354. The van der Waals surface area contributed by atoms with E-state index < -0.39 is 0 Å². The molecule has 0 aliphatic rings. The zero-order valence-corrected chi connectivity index (χ0v) is 14.1. The zero-order valence-electron chi connectivity index (χ0n) is 12.4. The van der Waals surface area contributed by atoms with Crippen LogP contribution in [0.15, 0.2) is 22.5 Å². The van der Waals surface area contributed by atoms with Crippen LogP contribution in [0.3, 0.4) is 0 Å². The lowest BCUT2D eigenvalue weighted by atomic mass is 10.1. The van der Waals surface area contributed by atoms with Gasteiger partial charge in [0.25, 0.3) is 0 Å². The highest BCUT2D eigenvalue weighted by Crippen LogP contribution is 2.30. The fourth-order valence-electron chi connectivity index (χ4n) is 1.73. The molecule has 0 fully saturated rings. The first-order valence-electron chi connectivity index (χ1n) is 6.76. The molecular formula is C15H22N2OS2. The van der Waals surface area contributed by atoms with Gasteiger partial charge in [0.15, 0.2) is 4.34 Å². The van der Waals surface area contributed by atoms with Crippen molar-refractivity contribution in [1.29, 1.82) is 0 Å². The maximum atomic E-state index is 9.99. The lowest BCUT2D eigenvalue weighted by Gasteiger charge is -2.22. The summed E-state index contributed by atoms with van der Waals surface area (Å²) < 4.78 is 2.24. The van der Waals surface area contributed by atoms with Crippen molar-refractivity contribution in [3.63, 3.8) is 0 Å². The van der Waals surface area contributed by atoms with Gasteiger partial charge in [0.2, 0.25) is 0 Å². The average Bonchev–Trinajstić information content (AvgIpc) is 2.75. The Bertz CT molecular complexity index is 575. The van der Waals surface area contributed by atoms with Crippen LogP contribution in [0.5, 0.6) is 0 Å². The lowest BCUT2D eigenvalue weighted by molar-refractivity contribution is 0.183. The summed E-state index contributed by atoms with van der Waals surface area (Å²) in [7, 11) is 0. The highest BCUT2D eigenvalue weighted by Gasteiger charge is 2.13. The van der Waals surface area contributed by atoms with Crippen molar-refractivity contribution < 1.29 is 5.11 Å². The lowest BCUT2D eigenvalue weighted by Crippen LogP contribution is -2.41. The summed E-state index contributed by atoms with van der Waals surface area (Å²) in [4.78, 5) is 4.60. The molecule has 1 atom stereocenters. The molecule has 0 saturated heterocycles. The van der Waals surface area contributed by atoms with Crippen LogP contribution in [0.4, 0.5) is 0 Å². The van der Waals surface area contributed by atoms with E-state index in [1.54, 1.807) is 23.1 Å². The number of aliphatic hydroxyl groups excluding tert-OH is 1. The summed E-state index contributed by atoms with van der Waals surface area (Å²) in [6, 6.07) is 6.33. The van der Waals surface area contributed by atoms with Crippen LogP contribution < -0.4 is 5.32 Å². The Labute approximate surface area is 128 Å². The van der Waals surface area contributed by atoms with Gasteiger partial charge >= 0.3 is 0 Å². The van der Waals surface area contributed by atoms with E-state index in [9.17, 15) is 5.11 Å². The van der Waals surface area contributed by atoms with Crippen LogP contribution in [0.1, 0.15) is 26.3 Å². The van der Waals surface area contributed by atoms with E-state index in [0.29, 0.717) is 12.3 Å².